The van der Waals surface area contributed by atoms with Gasteiger partial charge in [0.15, 0.2) is 0 Å². The quantitative estimate of drug-likeness (QED) is 0.844. The number of carbonyl (C=O) groups excluding carboxylic acids is 1. The maximum atomic E-state index is 12.0. The molecule has 2 rings (SSSR count). The summed E-state index contributed by atoms with van der Waals surface area (Å²) in [5.74, 6) is 0.00505. The molecule has 1 aromatic carbocycles. The molecule has 1 unspecified atom stereocenters. The van der Waals surface area contributed by atoms with E-state index >= 15 is 0 Å². The topological polar surface area (TPSA) is 50.4 Å². The van der Waals surface area contributed by atoms with Gasteiger partial charge >= 0.3 is 0 Å². The molecule has 2 atom stereocenters. The van der Waals surface area contributed by atoms with Crippen molar-refractivity contribution < 1.29 is 9.53 Å². The number of rotatable bonds is 3. The normalized spacial score (nSPS) is 21.3. The Morgan fingerprint density at radius 1 is 1.50 bits per heavy atom. The molecule has 1 heterocycles. The average molecular weight is 248 g/mol. The molecule has 1 amide bonds. The van der Waals surface area contributed by atoms with Crippen LogP contribution in [-0.4, -0.2) is 31.7 Å². The predicted octanol–water partition coefficient (Wildman–Crippen LogP) is 1.16. The van der Waals surface area contributed by atoms with Crippen molar-refractivity contribution in [2.75, 3.05) is 19.8 Å². The summed E-state index contributed by atoms with van der Waals surface area (Å²) in [6.45, 7) is 5.92. The average Bonchev–Trinajstić information content (AvgIpc) is 2.40. The van der Waals surface area contributed by atoms with E-state index in [9.17, 15) is 4.79 Å². The minimum atomic E-state index is -0.231. The molecule has 1 aromatic rings. The molecule has 0 aliphatic carbocycles. The van der Waals surface area contributed by atoms with E-state index < -0.39 is 0 Å². The molecule has 1 saturated heterocycles. The number of nitrogens with one attached hydrogen (secondary N) is 2. The van der Waals surface area contributed by atoms with Crippen LogP contribution in [0.1, 0.15) is 24.1 Å². The van der Waals surface area contributed by atoms with Crippen molar-refractivity contribution in [2.24, 2.45) is 0 Å². The van der Waals surface area contributed by atoms with E-state index in [4.69, 9.17) is 4.74 Å². The number of hydrogen-bond donors (Lipinski definition) is 2. The maximum absolute atomic E-state index is 12.0. The number of carbonyl (C=O) groups is 1. The zero-order valence-corrected chi connectivity index (χ0v) is 10.9. The smallest absolute Gasteiger partial charge is 0.240 e. The molecule has 0 bridgehead atoms. The Bertz CT molecular complexity index is 414. The van der Waals surface area contributed by atoms with Crippen LogP contribution in [0.25, 0.3) is 0 Å². The van der Waals surface area contributed by atoms with E-state index in [1.807, 2.05) is 25.1 Å². The van der Waals surface area contributed by atoms with Crippen molar-refractivity contribution in [1.29, 1.82) is 0 Å². The maximum Gasteiger partial charge on any atom is 0.240 e. The molecule has 98 valence electrons. The van der Waals surface area contributed by atoms with Crippen LogP contribution in [0.3, 0.4) is 0 Å². The second-order valence-corrected chi connectivity index (χ2v) is 4.67. The van der Waals surface area contributed by atoms with Crippen molar-refractivity contribution in [3.8, 4) is 0 Å². The van der Waals surface area contributed by atoms with Crippen LogP contribution in [-0.2, 0) is 9.53 Å². The molecule has 1 aliphatic rings. The molecule has 1 fully saturated rings. The van der Waals surface area contributed by atoms with Gasteiger partial charge in [0, 0.05) is 6.54 Å². The summed E-state index contributed by atoms with van der Waals surface area (Å²) in [4.78, 5) is 12.0. The first-order valence-corrected chi connectivity index (χ1v) is 6.35. The fourth-order valence-corrected chi connectivity index (χ4v) is 2.20. The lowest BCUT2D eigenvalue weighted by Gasteiger charge is -2.25. The zero-order chi connectivity index (χ0) is 13.0. The first-order valence-electron chi connectivity index (χ1n) is 6.35. The van der Waals surface area contributed by atoms with Crippen molar-refractivity contribution in [2.45, 2.75) is 25.9 Å². The third kappa shape index (κ3) is 3.09. The first kappa shape index (κ1) is 13.1. The number of ether oxygens (including phenoxy) is 1. The minimum Gasteiger partial charge on any atom is -0.378 e. The monoisotopic (exact) mass is 248 g/mol. The summed E-state index contributed by atoms with van der Waals surface area (Å²) in [6.07, 6.45) is 0. The molecule has 1 aliphatic heterocycles. The van der Waals surface area contributed by atoms with Crippen molar-refractivity contribution in [3.05, 3.63) is 35.4 Å². The number of aryl methyl sites for hydroxylation is 1. The highest BCUT2D eigenvalue weighted by Gasteiger charge is 2.22. The Morgan fingerprint density at radius 3 is 2.94 bits per heavy atom. The predicted molar refractivity (Wildman–Crippen MR) is 70.3 cm³/mol. The molecular formula is C14H20N2O2. The van der Waals surface area contributed by atoms with Crippen LogP contribution >= 0.6 is 0 Å². The second-order valence-electron chi connectivity index (χ2n) is 4.67. The lowest BCUT2D eigenvalue weighted by molar-refractivity contribution is -0.126. The summed E-state index contributed by atoms with van der Waals surface area (Å²) in [5, 5.41) is 6.18. The summed E-state index contributed by atoms with van der Waals surface area (Å²) >= 11 is 0. The van der Waals surface area contributed by atoms with E-state index in [0.717, 1.165) is 12.1 Å². The van der Waals surface area contributed by atoms with Crippen molar-refractivity contribution >= 4 is 5.91 Å². The lowest BCUT2D eigenvalue weighted by Crippen LogP contribution is -2.51. The summed E-state index contributed by atoms with van der Waals surface area (Å²) in [6, 6.07) is 7.88. The van der Waals surface area contributed by atoms with E-state index in [1.54, 1.807) is 0 Å². The van der Waals surface area contributed by atoms with Crippen molar-refractivity contribution in [1.82, 2.24) is 10.6 Å². The third-order valence-corrected chi connectivity index (χ3v) is 3.25. The molecule has 0 spiro atoms. The van der Waals surface area contributed by atoms with Gasteiger partial charge in [0.25, 0.3) is 0 Å². The Hall–Kier alpha value is -1.39. The molecule has 0 saturated carbocycles. The van der Waals surface area contributed by atoms with Gasteiger partial charge in [0.05, 0.1) is 19.3 Å². The molecule has 4 heteroatoms. The largest absolute Gasteiger partial charge is 0.378 e. The molecular weight excluding hydrogens is 228 g/mol. The Labute approximate surface area is 108 Å². The highest BCUT2D eigenvalue weighted by atomic mass is 16.5. The van der Waals surface area contributed by atoms with Gasteiger partial charge in [-0.05, 0) is 25.0 Å². The van der Waals surface area contributed by atoms with Crippen LogP contribution in [0.5, 0.6) is 0 Å². The highest BCUT2D eigenvalue weighted by molar-refractivity contribution is 5.82. The van der Waals surface area contributed by atoms with Crippen LogP contribution in [0.15, 0.2) is 24.3 Å². The second kappa shape index (κ2) is 5.98. The zero-order valence-electron chi connectivity index (χ0n) is 10.9. The van der Waals surface area contributed by atoms with Crippen LogP contribution in [0, 0.1) is 6.92 Å². The van der Waals surface area contributed by atoms with E-state index in [0.29, 0.717) is 13.2 Å². The van der Waals surface area contributed by atoms with Gasteiger partial charge in [0.1, 0.15) is 6.04 Å². The number of hydrogen-bond acceptors (Lipinski definition) is 3. The minimum absolute atomic E-state index is 0.00505. The Balaban J connectivity index is 1.96. The standard InChI is InChI=1S/C14H20N2O2/c1-10-5-3-4-6-12(10)11(2)16-14(17)13-9-18-8-7-15-13/h3-6,11,13,15H,7-9H2,1-2H3,(H,16,17)/t11-,13?/m1/s1. The van der Waals surface area contributed by atoms with Gasteiger partial charge in [-0.2, -0.15) is 0 Å². The van der Waals surface area contributed by atoms with Gasteiger partial charge in [-0.15, -0.1) is 0 Å². The van der Waals surface area contributed by atoms with Gasteiger partial charge in [-0.25, -0.2) is 0 Å². The van der Waals surface area contributed by atoms with Gasteiger partial charge in [0.2, 0.25) is 5.91 Å². The van der Waals surface area contributed by atoms with Crippen LogP contribution < -0.4 is 10.6 Å². The van der Waals surface area contributed by atoms with E-state index in [2.05, 4.69) is 23.6 Å². The molecule has 0 aromatic heterocycles. The van der Waals surface area contributed by atoms with E-state index in [-0.39, 0.29) is 18.0 Å². The van der Waals surface area contributed by atoms with E-state index in [1.165, 1.54) is 5.56 Å². The molecule has 4 nitrogen and oxygen atoms in total. The van der Waals surface area contributed by atoms with Crippen LogP contribution in [0.2, 0.25) is 0 Å². The fourth-order valence-electron chi connectivity index (χ4n) is 2.20. The third-order valence-electron chi connectivity index (χ3n) is 3.25. The summed E-state index contributed by atoms with van der Waals surface area (Å²) in [7, 11) is 0. The van der Waals surface area contributed by atoms with Crippen LogP contribution in [0.4, 0.5) is 0 Å². The van der Waals surface area contributed by atoms with Gasteiger partial charge in [-0.1, -0.05) is 24.3 Å². The Morgan fingerprint density at radius 2 is 2.28 bits per heavy atom. The number of benzene rings is 1. The molecule has 0 radical (unpaired) electrons. The van der Waals surface area contributed by atoms with Gasteiger partial charge in [-0.3, -0.25) is 4.79 Å². The first-order chi connectivity index (χ1) is 8.68. The summed E-state index contributed by atoms with van der Waals surface area (Å²) in [5.41, 5.74) is 2.35. The molecule has 18 heavy (non-hydrogen) atoms. The number of morpholine rings is 1. The number of amides is 1. The fraction of sp³-hybridized carbons (Fsp3) is 0.500. The summed E-state index contributed by atoms with van der Waals surface area (Å²) < 4.78 is 5.29. The lowest BCUT2D eigenvalue weighted by atomic mass is 10.0. The van der Waals surface area contributed by atoms with Crippen molar-refractivity contribution in [3.63, 3.8) is 0 Å². The highest BCUT2D eigenvalue weighted by Crippen LogP contribution is 2.16. The van der Waals surface area contributed by atoms with Gasteiger partial charge < -0.3 is 15.4 Å². The SMILES string of the molecule is Cc1ccccc1[C@@H](C)NC(=O)C1COCCN1. The molecule has 2 N–H and O–H groups in total. The Kier molecular flexibility index (Phi) is 4.33.